The number of methoxy groups -OCH3 is 1. The molecule has 3 aliphatic carbocycles. The third-order valence-electron chi connectivity index (χ3n) is 23.8. The minimum atomic E-state index is -0.638. The molecule has 748 valence electrons. The van der Waals surface area contributed by atoms with Gasteiger partial charge in [-0.05, 0) is 223 Å². The lowest BCUT2D eigenvalue weighted by Crippen LogP contribution is -2.53. The molecular formula is C105H117F4N27O8. The van der Waals surface area contributed by atoms with E-state index >= 15 is 0 Å². The molecule has 144 heavy (non-hydrogen) atoms. The molecule has 39 heteroatoms. The van der Waals surface area contributed by atoms with E-state index < -0.39 is 23.3 Å². The van der Waals surface area contributed by atoms with Crippen molar-refractivity contribution in [1.29, 1.82) is 0 Å². The zero-order valence-corrected chi connectivity index (χ0v) is 80.9. The highest BCUT2D eigenvalue weighted by atomic mass is 19.1. The number of anilines is 18. The van der Waals surface area contributed by atoms with Crippen LogP contribution in [0.15, 0.2) is 276 Å². The number of ether oxygens (including phenoxy) is 4. The number of amides is 4. The SMILES string of the molecule is C=C(Cn1cccn1)C(=O)Nc1cccc(Nc2nc(Nc3ccc(OC)nc3)ncc2F)c1.C=CC(=O)N(C)Cc1ccc(Nc2nc(Nc3cccc(OCC4CCN(C)CC4)c3)ncc2F)cc1.C=CC(=O)N(C)Cc1ccc(Nc2nc(Nc3cccc(OCCN(CC)CC)c3)ncc2F)cc1.C=CC(=O)Nc1cccc(Nc2nc(Nc3ccc(OCC45CCC(N)(CC4)CC5)nc3)ncc2F)c1. The third kappa shape index (κ3) is 31.9. The molecule has 0 radical (unpaired) electrons. The summed E-state index contributed by atoms with van der Waals surface area (Å²) in [5, 5.41) is 33.5. The Morgan fingerprint density at radius 2 is 0.896 bits per heavy atom. The van der Waals surface area contributed by atoms with Gasteiger partial charge in [0.15, 0.2) is 46.5 Å². The van der Waals surface area contributed by atoms with Gasteiger partial charge in [0.1, 0.15) is 18.1 Å². The summed E-state index contributed by atoms with van der Waals surface area (Å²) in [7, 11) is 7.08. The number of aromatic nitrogens is 12. The van der Waals surface area contributed by atoms with Gasteiger partial charge in [-0.1, -0.05) is 88.7 Å². The van der Waals surface area contributed by atoms with Crippen molar-refractivity contribution in [3.8, 4) is 23.3 Å². The van der Waals surface area contributed by atoms with Gasteiger partial charge in [-0.2, -0.15) is 25.0 Å². The molecule has 4 fully saturated rings. The molecule has 6 aromatic carbocycles. The Balaban J connectivity index is 0.000000161. The maximum Gasteiger partial charge on any atom is 0.252 e. The van der Waals surface area contributed by atoms with E-state index in [9.17, 15) is 36.7 Å². The summed E-state index contributed by atoms with van der Waals surface area (Å²) in [6, 6.07) is 52.2. The number of carbonyl (C=O) groups excluding carboxylic acids is 4. The Kier molecular flexibility index (Phi) is 37.3. The van der Waals surface area contributed by atoms with E-state index in [2.05, 4.69) is 165 Å². The summed E-state index contributed by atoms with van der Waals surface area (Å²) in [5.74, 6) is 0.617. The van der Waals surface area contributed by atoms with Gasteiger partial charge in [-0.15, -0.1) is 0 Å². The topological polar surface area (TPSA) is 411 Å². The maximum atomic E-state index is 14.4. The number of nitrogens with two attached hydrogens (primary N) is 1. The molecule has 0 unspecified atom stereocenters. The largest absolute Gasteiger partial charge is 0.493 e. The predicted molar refractivity (Wildman–Crippen MR) is 552 cm³/mol. The van der Waals surface area contributed by atoms with Gasteiger partial charge in [-0.3, -0.25) is 23.9 Å². The number of hydrogen-bond donors (Lipinski definition) is 11. The number of fused-ring (bicyclic) bond motifs is 3. The number of piperidine rings is 1. The molecule has 2 bridgehead atoms. The number of hydrogen-bond acceptors (Lipinski definition) is 30. The molecule has 0 atom stereocenters. The summed E-state index contributed by atoms with van der Waals surface area (Å²) in [6.07, 6.45) is 23.5. The standard InChI is InChI=1S/C28H33FN6O2.C27H30FN7O2.C27H33FN6O2.C23H21FN8O2/c1-4-26(36)35(3)18-20-8-10-22(11-9-20)31-27-25(29)17-30-28(33-27)32-23-6-5-7-24(16-23)37-19-21-12-14-34(2)15-13-21;1-2-22(36)32-18-4-3-5-19(14-18)33-24-21(28)16-31-25(35-24)34-20-6-7-23(30-15-20)37-17-26-8-11-27(29,12-9-26)13-10-26;1-5-25(35)33(4)19-20-11-13-21(14-12-20)30-26-24(28)18-29-27(32-26)31-22-9-8-10-23(17-22)36-16-15-34(6-2)7-3;1-15(14-32-10-4-9-27-32)22(33)29-17-6-3-5-16(11-17)28-21-19(24)13-26-23(31-21)30-18-7-8-20(34-2)25-12-18/h4-11,16-17,21H,1,12-15,18-19H2,2-3H3,(H2,30,31,32,33);2-7,14-16H,1,8-13,17,29H2,(H,32,36)(H2,31,33,34,35);5,8-14,17-18H,1,6-7,15-16,19H2,2-4H3,(H2,29,30,31,32);3-13H,1,14H2,2H3,(H,29,33)(H2,26,28,30,31). The summed E-state index contributed by atoms with van der Waals surface area (Å²) in [4.78, 5) is 96.7. The maximum absolute atomic E-state index is 14.4. The molecule has 13 aromatic rings. The molecule has 0 spiro atoms. The lowest BCUT2D eigenvalue weighted by molar-refractivity contribution is -0.126. The molecule has 8 heterocycles. The Bertz CT molecular complexity index is 6480. The van der Waals surface area contributed by atoms with Crippen molar-refractivity contribution < 1.29 is 55.7 Å². The van der Waals surface area contributed by atoms with Crippen LogP contribution in [-0.2, 0) is 38.8 Å². The van der Waals surface area contributed by atoms with Crippen molar-refractivity contribution in [1.82, 2.24) is 79.2 Å². The fraction of sp³-hybridized carbons (Fsp3) is 0.267. The molecule has 17 rings (SSSR count). The van der Waals surface area contributed by atoms with E-state index in [4.69, 9.17) is 24.7 Å². The van der Waals surface area contributed by atoms with Crippen LogP contribution in [0.3, 0.4) is 0 Å². The van der Waals surface area contributed by atoms with Crippen LogP contribution in [0.5, 0.6) is 23.3 Å². The highest BCUT2D eigenvalue weighted by Crippen LogP contribution is 2.51. The molecule has 12 N–H and O–H groups in total. The zero-order valence-electron chi connectivity index (χ0n) is 80.9. The third-order valence-corrected chi connectivity index (χ3v) is 23.8. The van der Waals surface area contributed by atoms with E-state index in [1.807, 2.05) is 78.9 Å². The smallest absolute Gasteiger partial charge is 0.252 e. The highest BCUT2D eigenvalue weighted by molar-refractivity contribution is 6.03. The summed E-state index contributed by atoms with van der Waals surface area (Å²) < 4.78 is 82.2. The molecule has 3 saturated carbocycles. The average Bonchev–Trinajstić information content (AvgIpc) is 0.876. The van der Waals surface area contributed by atoms with Crippen molar-refractivity contribution in [2.45, 2.75) is 90.4 Å². The fourth-order valence-corrected chi connectivity index (χ4v) is 15.4. The molecule has 1 saturated heterocycles. The number of likely N-dealkylation sites (N-methyl/N-ethyl adjacent to an activating group) is 3. The van der Waals surface area contributed by atoms with Crippen LogP contribution in [-0.4, -0.2) is 189 Å². The van der Waals surface area contributed by atoms with Gasteiger partial charge in [0.2, 0.25) is 53.3 Å². The summed E-state index contributed by atoms with van der Waals surface area (Å²) >= 11 is 0. The Morgan fingerprint density at radius 3 is 1.32 bits per heavy atom. The average molecular weight is 1960 g/mol. The van der Waals surface area contributed by atoms with Crippen molar-refractivity contribution in [2.24, 2.45) is 17.1 Å². The van der Waals surface area contributed by atoms with E-state index in [1.54, 1.807) is 150 Å². The molecule has 1 aliphatic heterocycles. The van der Waals surface area contributed by atoms with Gasteiger partial charge in [0.25, 0.3) is 5.91 Å². The van der Waals surface area contributed by atoms with Gasteiger partial charge >= 0.3 is 0 Å². The van der Waals surface area contributed by atoms with Crippen LogP contribution in [0.25, 0.3) is 0 Å². The molecule has 7 aromatic heterocycles. The van der Waals surface area contributed by atoms with Crippen molar-refractivity contribution in [3.05, 3.63) is 310 Å². The Labute approximate surface area is 832 Å². The number of halogens is 4. The molecule has 4 amide bonds. The van der Waals surface area contributed by atoms with Crippen molar-refractivity contribution in [2.75, 3.05) is 134 Å². The van der Waals surface area contributed by atoms with Gasteiger partial charge < -0.3 is 97.4 Å². The van der Waals surface area contributed by atoms with Crippen LogP contribution in [0.1, 0.15) is 76.3 Å². The normalized spacial score (nSPS) is 14.5. The first-order valence-corrected chi connectivity index (χ1v) is 46.7. The second-order valence-electron chi connectivity index (χ2n) is 34.5. The lowest BCUT2D eigenvalue weighted by atomic mass is 9.58. The first kappa shape index (κ1) is 105. The minimum absolute atomic E-state index is 0.0154. The van der Waals surface area contributed by atoms with Crippen molar-refractivity contribution in [3.63, 3.8) is 0 Å². The fourth-order valence-electron chi connectivity index (χ4n) is 15.4. The van der Waals surface area contributed by atoms with Gasteiger partial charge in [-0.25, -0.2) is 47.5 Å². The minimum Gasteiger partial charge on any atom is -0.493 e. The van der Waals surface area contributed by atoms with Crippen LogP contribution in [0, 0.1) is 34.6 Å². The van der Waals surface area contributed by atoms with Gasteiger partial charge in [0, 0.05) is 132 Å². The highest BCUT2D eigenvalue weighted by Gasteiger charge is 2.47. The van der Waals surface area contributed by atoms with Gasteiger partial charge in [0.05, 0.1) is 75.4 Å². The molecular weight excluding hydrogens is 1840 g/mol. The first-order chi connectivity index (χ1) is 69.6. The number of nitrogens with one attached hydrogen (secondary N) is 10. The Morgan fingerprint density at radius 1 is 0.479 bits per heavy atom. The van der Waals surface area contributed by atoms with E-state index in [1.165, 1.54) is 25.3 Å². The predicted octanol–water partition coefficient (Wildman–Crippen LogP) is 18.9. The summed E-state index contributed by atoms with van der Waals surface area (Å²) in [6.45, 7) is 26.6. The number of nitrogens with zero attached hydrogens (tertiary/aromatic N) is 16. The van der Waals surface area contributed by atoms with Crippen LogP contribution in [0.4, 0.5) is 122 Å². The monoisotopic (exact) mass is 1960 g/mol. The number of likely N-dealkylation sites (tertiary alicyclic amines) is 1. The van der Waals surface area contributed by atoms with Crippen molar-refractivity contribution >= 4 is 128 Å². The number of benzene rings is 6. The molecule has 35 nitrogen and oxygen atoms in total. The number of rotatable bonds is 41. The molecule has 4 aliphatic rings. The number of pyridine rings is 2. The van der Waals surface area contributed by atoms with Crippen LogP contribution < -0.4 is 77.8 Å². The first-order valence-electron chi connectivity index (χ1n) is 46.7. The van der Waals surface area contributed by atoms with E-state index in [0.717, 1.165) is 143 Å². The quantitative estimate of drug-likeness (QED) is 0.0125. The second-order valence-corrected chi connectivity index (χ2v) is 34.5. The lowest BCUT2D eigenvalue weighted by Gasteiger charge is -2.51. The summed E-state index contributed by atoms with van der Waals surface area (Å²) in [5.41, 5.74) is 15.0. The van der Waals surface area contributed by atoms with E-state index in [0.29, 0.717) is 102 Å². The van der Waals surface area contributed by atoms with Crippen LogP contribution >= 0.6 is 0 Å². The second kappa shape index (κ2) is 51.4. The number of carbonyl (C=O) groups is 4. The van der Waals surface area contributed by atoms with Crippen LogP contribution in [0.2, 0.25) is 0 Å². The zero-order chi connectivity index (χ0) is 102. The van der Waals surface area contributed by atoms with E-state index in [-0.39, 0.29) is 88.2 Å². The Hall–Kier alpha value is -16.8.